The van der Waals surface area contributed by atoms with Crippen molar-refractivity contribution in [2.75, 3.05) is 25.0 Å². The van der Waals surface area contributed by atoms with E-state index in [-0.39, 0.29) is 28.9 Å². The van der Waals surface area contributed by atoms with Crippen molar-refractivity contribution in [3.63, 3.8) is 0 Å². The zero-order valence-electron chi connectivity index (χ0n) is 23.4. The van der Waals surface area contributed by atoms with Gasteiger partial charge in [-0.25, -0.2) is 26.9 Å². The lowest BCUT2D eigenvalue weighted by Gasteiger charge is -2.26. The van der Waals surface area contributed by atoms with Gasteiger partial charge in [0.05, 0.1) is 0 Å². The molecule has 1 amide bonds. The fraction of sp³-hybridized carbons (Fsp3) is 0.367. The Balaban J connectivity index is 1.39. The summed E-state index contributed by atoms with van der Waals surface area (Å²) in [4.78, 5) is 18.9. The normalized spacial score (nSPS) is 13.8. The third kappa shape index (κ3) is 6.75. The van der Waals surface area contributed by atoms with Gasteiger partial charge < -0.3 is 19.7 Å². The topological polar surface area (TPSA) is 81.0 Å². The molecule has 42 heavy (non-hydrogen) atoms. The molecule has 0 radical (unpaired) electrons. The van der Waals surface area contributed by atoms with E-state index in [1.807, 2.05) is 39.0 Å². The minimum Gasteiger partial charge on any atom is -0.487 e. The summed E-state index contributed by atoms with van der Waals surface area (Å²) in [6.07, 6.45) is -2.83. The number of alkyl halides is 4. The Morgan fingerprint density at radius 1 is 1.00 bits per heavy atom. The van der Waals surface area contributed by atoms with E-state index >= 15 is 0 Å². The summed E-state index contributed by atoms with van der Waals surface area (Å²) in [6.45, 7) is 5.72. The molecule has 0 saturated carbocycles. The maximum atomic E-state index is 13.5. The molecule has 0 saturated heterocycles. The molecule has 0 fully saturated rings. The van der Waals surface area contributed by atoms with Crippen LogP contribution in [0.4, 0.5) is 34.0 Å². The van der Waals surface area contributed by atoms with Crippen LogP contribution in [0.5, 0.6) is 5.75 Å². The molecule has 2 aromatic heterocycles. The van der Waals surface area contributed by atoms with E-state index in [4.69, 9.17) is 9.47 Å². The lowest BCUT2D eigenvalue weighted by molar-refractivity contribution is 0.0258. The number of ether oxygens (including phenoxy) is 2. The number of halogens is 4. The molecule has 1 N–H and O–H groups in total. The summed E-state index contributed by atoms with van der Waals surface area (Å²) in [5.74, 6) is 0.294. The Morgan fingerprint density at radius 2 is 1.76 bits per heavy atom. The Kier molecular flexibility index (Phi) is 8.24. The molecule has 2 aromatic carbocycles. The summed E-state index contributed by atoms with van der Waals surface area (Å²) < 4.78 is 65.0. The van der Waals surface area contributed by atoms with E-state index < -0.39 is 25.1 Å². The van der Waals surface area contributed by atoms with Crippen LogP contribution in [-0.4, -0.2) is 57.3 Å². The van der Waals surface area contributed by atoms with Gasteiger partial charge >= 0.3 is 6.09 Å². The molecule has 0 bridgehead atoms. The van der Waals surface area contributed by atoms with Crippen molar-refractivity contribution in [3.05, 3.63) is 71.4 Å². The first kappa shape index (κ1) is 29.2. The van der Waals surface area contributed by atoms with Gasteiger partial charge in [-0.1, -0.05) is 6.07 Å². The Bertz CT molecular complexity index is 1590. The zero-order chi connectivity index (χ0) is 30.0. The fourth-order valence-corrected chi connectivity index (χ4v) is 4.78. The van der Waals surface area contributed by atoms with Crippen LogP contribution < -0.4 is 10.1 Å². The molecule has 0 atom stereocenters. The summed E-state index contributed by atoms with van der Waals surface area (Å²) in [5, 5.41) is 7.66. The monoisotopic (exact) mass is 585 g/mol. The van der Waals surface area contributed by atoms with Crippen molar-refractivity contribution >= 4 is 23.4 Å². The molecular formula is C30H31F4N5O3. The van der Waals surface area contributed by atoms with Crippen molar-refractivity contribution in [2.45, 2.75) is 52.1 Å². The molecule has 0 unspecified atom stereocenters. The van der Waals surface area contributed by atoms with Gasteiger partial charge in [0.15, 0.2) is 5.65 Å². The van der Waals surface area contributed by atoms with Gasteiger partial charge in [0.1, 0.15) is 18.0 Å². The van der Waals surface area contributed by atoms with Crippen molar-refractivity contribution in [2.24, 2.45) is 0 Å². The predicted molar refractivity (Wildman–Crippen MR) is 150 cm³/mol. The highest BCUT2D eigenvalue weighted by molar-refractivity contribution is 5.82. The second-order valence-electron chi connectivity index (χ2n) is 11.0. The molecule has 4 aromatic rings. The van der Waals surface area contributed by atoms with Crippen LogP contribution in [0.15, 0.2) is 54.7 Å². The number of carbonyl (C=O) groups excluding carboxylic acids is 1. The summed E-state index contributed by atoms with van der Waals surface area (Å²) >= 11 is 0. The van der Waals surface area contributed by atoms with Crippen LogP contribution in [0, 0.1) is 0 Å². The van der Waals surface area contributed by atoms with Gasteiger partial charge in [-0.2, -0.15) is 4.98 Å². The Morgan fingerprint density at radius 3 is 2.48 bits per heavy atom. The molecule has 5 rings (SSSR count). The van der Waals surface area contributed by atoms with Crippen molar-refractivity contribution in [1.29, 1.82) is 0 Å². The first-order valence-electron chi connectivity index (χ1n) is 13.5. The number of pyridine rings is 1. The third-order valence-electron chi connectivity index (χ3n) is 6.69. The lowest BCUT2D eigenvalue weighted by atomic mass is 10.0. The minimum absolute atomic E-state index is 0.0384. The number of hydrogen-bond acceptors (Lipinski definition) is 6. The van der Waals surface area contributed by atoms with E-state index in [2.05, 4.69) is 15.4 Å². The second kappa shape index (κ2) is 11.9. The van der Waals surface area contributed by atoms with Crippen LogP contribution in [0.25, 0.3) is 16.8 Å². The molecule has 8 nitrogen and oxygen atoms in total. The number of nitrogens with one attached hydrogen (secondary N) is 1. The number of fused-ring (bicyclic) bond motifs is 2. The fourth-order valence-electron chi connectivity index (χ4n) is 4.78. The highest BCUT2D eigenvalue weighted by Gasteiger charge is 2.24. The van der Waals surface area contributed by atoms with Gasteiger partial charge in [-0.15, -0.1) is 5.10 Å². The molecular weight excluding hydrogens is 554 g/mol. The maximum absolute atomic E-state index is 13.5. The standard InChI is InChI=1S/C30H31F4N5O3/c1-30(2,3)42-29(40)38-13-10-18-6-8-21(15-19(18)11-14-38)35-28-36-27-22(5-4-12-39(27)37-28)23-16-20(26(33)34)7-9-24(23)41-17-25(31)32/h4-9,12,15-16,25-26H,10-11,13-14,17H2,1-3H3,(H,35,37). The number of benzene rings is 2. The Hall–Kier alpha value is -4.35. The average molecular weight is 586 g/mol. The summed E-state index contributed by atoms with van der Waals surface area (Å²) in [5.41, 5.74) is 3.04. The van der Waals surface area contributed by atoms with Gasteiger partial charge in [-0.05, 0) is 87.2 Å². The van der Waals surface area contributed by atoms with Crippen molar-refractivity contribution in [3.8, 4) is 16.9 Å². The van der Waals surface area contributed by atoms with Crippen LogP contribution >= 0.6 is 0 Å². The zero-order valence-corrected chi connectivity index (χ0v) is 23.4. The number of nitrogens with zero attached hydrogens (tertiary/aromatic N) is 4. The van der Waals surface area contributed by atoms with E-state index in [1.54, 1.807) is 23.2 Å². The van der Waals surface area contributed by atoms with Crippen LogP contribution in [-0.2, 0) is 17.6 Å². The van der Waals surface area contributed by atoms with E-state index in [0.717, 1.165) is 22.9 Å². The van der Waals surface area contributed by atoms with E-state index in [9.17, 15) is 22.4 Å². The molecule has 222 valence electrons. The van der Waals surface area contributed by atoms with Gasteiger partial charge in [-0.3, -0.25) is 0 Å². The first-order valence-corrected chi connectivity index (χ1v) is 13.5. The number of amides is 1. The largest absolute Gasteiger partial charge is 0.487 e. The van der Waals surface area contributed by atoms with Crippen molar-refractivity contribution < 1.29 is 31.8 Å². The molecule has 12 heteroatoms. The predicted octanol–water partition coefficient (Wildman–Crippen LogP) is 7.06. The third-order valence-corrected chi connectivity index (χ3v) is 6.69. The molecule has 1 aliphatic heterocycles. The Labute approximate surface area is 240 Å². The molecule has 0 spiro atoms. The SMILES string of the molecule is CC(C)(C)OC(=O)N1CCc2ccc(Nc3nc4c(-c5cc(C(F)F)ccc5OCC(F)F)cccn4n3)cc2CC1. The van der Waals surface area contributed by atoms with Crippen LogP contribution in [0.2, 0.25) is 0 Å². The molecule has 0 aliphatic carbocycles. The van der Waals surface area contributed by atoms with Crippen LogP contribution in [0.1, 0.15) is 43.9 Å². The number of anilines is 2. The minimum atomic E-state index is -2.76. The quantitative estimate of drug-likeness (QED) is 0.234. The summed E-state index contributed by atoms with van der Waals surface area (Å²) in [7, 11) is 0. The highest BCUT2D eigenvalue weighted by Crippen LogP contribution is 2.36. The van der Waals surface area contributed by atoms with Gasteiger partial charge in [0.2, 0.25) is 5.95 Å². The lowest BCUT2D eigenvalue weighted by Crippen LogP contribution is -2.38. The molecule has 3 heterocycles. The first-order chi connectivity index (χ1) is 20.0. The van der Waals surface area contributed by atoms with Crippen LogP contribution in [0.3, 0.4) is 0 Å². The summed E-state index contributed by atoms with van der Waals surface area (Å²) in [6, 6.07) is 12.8. The van der Waals surface area contributed by atoms with E-state index in [0.29, 0.717) is 37.1 Å². The van der Waals surface area contributed by atoms with Crippen molar-refractivity contribution in [1.82, 2.24) is 19.5 Å². The number of aromatic nitrogens is 3. The molecule has 1 aliphatic rings. The average Bonchev–Trinajstić information content (AvgIpc) is 3.21. The van der Waals surface area contributed by atoms with Gasteiger partial charge in [0, 0.05) is 41.7 Å². The van der Waals surface area contributed by atoms with E-state index in [1.165, 1.54) is 16.6 Å². The number of hydrogen-bond donors (Lipinski definition) is 1. The van der Waals surface area contributed by atoms with Gasteiger partial charge in [0.25, 0.3) is 12.9 Å². The number of rotatable bonds is 7. The maximum Gasteiger partial charge on any atom is 0.410 e. The second-order valence-corrected chi connectivity index (χ2v) is 11.0. The highest BCUT2D eigenvalue weighted by atomic mass is 19.3. The number of carbonyl (C=O) groups is 1. The smallest absolute Gasteiger partial charge is 0.410 e.